The maximum absolute atomic E-state index is 3.87. The minimum absolute atomic E-state index is 0.485. The summed E-state index contributed by atoms with van der Waals surface area (Å²) in [4.78, 5) is 2.45. The van der Waals surface area contributed by atoms with Crippen molar-refractivity contribution in [3.63, 3.8) is 0 Å². The van der Waals surface area contributed by atoms with Gasteiger partial charge in [-0.05, 0) is 52.1 Å². The molecule has 2 fully saturated rings. The van der Waals surface area contributed by atoms with Gasteiger partial charge in [-0.25, -0.2) is 0 Å². The van der Waals surface area contributed by atoms with Crippen molar-refractivity contribution in [2.45, 2.75) is 69.9 Å². The van der Waals surface area contributed by atoms with Crippen molar-refractivity contribution in [3.05, 3.63) is 0 Å². The lowest BCUT2D eigenvalue weighted by Gasteiger charge is -2.48. The van der Waals surface area contributed by atoms with Gasteiger partial charge in [0.1, 0.15) is 0 Å². The predicted octanol–water partition coefficient (Wildman–Crippen LogP) is 3.03. The van der Waals surface area contributed by atoms with Gasteiger partial charge >= 0.3 is 0 Å². The van der Waals surface area contributed by atoms with E-state index in [0.717, 1.165) is 12.0 Å². The summed E-state index contributed by atoms with van der Waals surface area (Å²) in [5.41, 5.74) is 0.485. The molecule has 0 aromatic carbocycles. The summed E-state index contributed by atoms with van der Waals surface area (Å²) >= 11 is 0. The van der Waals surface area contributed by atoms with Crippen molar-refractivity contribution in [1.82, 2.24) is 10.2 Å². The average Bonchev–Trinajstić information content (AvgIpc) is 2.27. The third kappa shape index (κ3) is 3.03. The van der Waals surface area contributed by atoms with Gasteiger partial charge in [-0.3, -0.25) is 0 Å². The van der Waals surface area contributed by atoms with E-state index in [0.29, 0.717) is 5.54 Å². The molecular weight excluding hydrogens is 208 g/mol. The van der Waals surface area contributed by atoms with E-state index < -0.39 is 0 Å². The Labute approximate surface area is 107 Å². The van der Waals surface area contributed by atoms with E-state index in [1.807, 2.05) is 0 Å². The quantitative estimate of drug-likeness (QED) is 0.792. The molecule has 0 spiro atoms. The van der Waals surface area contributed by atoms with Gasteiger partial charge in [0.15, 0.2) is 0 Å². The number of rotatable bonds is 5. The summed E-state index contributed by atoms with van der Waals surface area (Å²) < 4.78 is 0. The largest absolute Gasteiger partial charge is 0.312 e. The lowest BCUT2D eigenvalue weighted by molar-refractivity contribution is 0.0543. The van der Waals surface area contributed by atoms with Gasteiger partial charge in [0.2, 0.25) is 0 Å². The smallest absolute Gasteiger partial charge is 0.0328 e. The summed E-state index contributed by atoms with van der Waals surface area (Å²) in [5.74, 6) is 0.984. The van der Waals surface area contributed by atoms with Crippen LogP contribution in [0.25, 0.3) is 0 Å². The van der Waals surface area contributed by atoms with Gasteiger partial charge in [0, 0.05) is 18.1 Å². The van der Waals surface area contributed by atoms with Gasteiger partial charge in [0.05, 0.1) is 0 Å². The second-order valence-corrected chi connectivity index (χ2v) is 6.49. The standard InChI is InChI=1S/C15H30N2/c1-4-13-7-5-8-14(11-13)16-12-15(17(2)3)9-6-10-15/h13-14,16H,4-12H2,1-3H3. The fourth-order valence-electron chi connectivity index (χ4n) is 3.55. The van der Waals surface area contributed by atoms with E-state index in [-0.39, 0.29) is 0 Å². The minimum atomic E-state index is 0.485. The van der Waals surface area contributed by atoms with Gasteiger partial charge in [0.25, 0.3) is 0 Å². The highest BCUT2D eigenvalue weighted by Crippen LogP contribution is 2.36. The molecule has 2 rings (SSSR count). The Kier molecular flexibility index (Phi) is 4.48. The van der Waals surface area contributed by atoms with Crippen molar-refractivity contribution < 1.29 is 0 Å². The molecule has 1 N–H and O–H groups in total. The molecule has 0 aromatic rings. The molecule has 0 aromatic heterocycles. The zero-order chi connectivity index (χ0) is 12.3. The van der Waals surface area contributed by atoms with Crippen LogP contribution < -0.4 is 5.32 Å². The summed E-state index contributed by atoms with van der Waals surface area (Å²) in [6.07, 6.45) is 11.3. The van der Waals surface area contributed by atoms with Crippen LogP contribution in [0.4, 0.5) is 0 Å². The Balaban J connectivity index is 1.77. The van der Waals surface area contributed by atoms with Gasteiger partial charge in [-0.2, -0.15) is 0 Å². The first kappa shape index (κ1) is 13.4. The summed E-state index contributed by atoms with van der Waals surface area (Å²) in [7, 11) is 4.49. The van der Waals surface area contributed by atoms with E-state index in [1.165, 1.54) is 57.9 Å². The van der Waals surface area contributed by atoms with Crippen molar-refractivity contribution in [2.24, 2.45) is 5.92 Å². The molecule has 0 radical (unpaired) electrons. The van der Waals surface area contributed by atoms with Crippen molar-refractivity contribution in [3.8, 4) is 0 Å². The molecule has 0 bridgehead atoms. The number of nitrogens with zero attached hydrogens (tertiary/aromatic N) is 1. The van der Waals surface area contributed by atoms with Crippen LogP contribution in [-0.2, 0) is 0 Å². The highest BCUT2D eigenvalue weighted by Gasteiger charge is 2.39. The van der Waals surface area contributed by atoms with E-state index >= 15 is 0 Å². The van der Waals surface area contributed by atoms with Crippen LogP contribution in [0.1, 0.15) is 58.3 Å². The molecule has 17 heavy (non-hydrogen) atoms. The minimum Gasteiger partial charge on any atom is -0.312 e. The third-order valence-corrected chi connectivity index (χ3v) is 5.31. The lowest BCUT2D eigenvalue weighted by atomic mass is 9.75. The summed E-state index contributed by atoms with van der Waals surface area (Å²) in [5, 5.41) is 3.87. The first-order chi connectivity index (χ1) is 8.16. The molecule has 0 aliphatic heterocycles. The predicted molar refractivity (Wildman–Crippen MR) is 74.3 cm³/mol. The maximum atomic E-state index is 3.87. The molecule has 0 amide bonds. The van der Waals surface area contributed by atoms with Crippen molar-refractivity contribution in [1.29, 1.82) is 0 Å². The van der Waals surface area contributed by atoms with Crippen LogP contribution in [0.2, 0.25) is 0 Å². The van der Waals surface area contributed by atoms with E-state index in [2.05, 4.69) is 31.2 Å². The second kappa shape index (κ2) is 5.71. The fourth-order valence-corrected chi connectivity index (χ4v) is 3.55. The van der Waals surface area contributed by atoms with Crippen LogP contribution in [0.15, 0.2) is 0 Å². The van der Waals surface area contributed by atoms with Crippen LogP contribution in [0.5, 0.6) is 0 Å². The molecule has 2 saturated carbocycles. The van der Waals surface area contributed by atoms with E-state index in [9.17, 15) is 0 Å². The Bertz CT molecular complexity index is 233. The number of hydrogen-bond acceptors (Lipinski definition) is 2. The number of likely N-dealkylation sites (N-methyl/N-ethyl adjacent to an activating group) is 1. The molecule has 100 valence electrons. The first-order valence-corrected chi connectivity index (χ1v) is 7.57. The molecule has 2 nitrogen and oxygen atoms in total. The monoisotopic (exact) mass is 238 g/mol. The molecule has 0 heterocycles. The van der Waals surface area contributed by atoms with Crippen LogP contribution in [0.3, 0.4) is 0 Å². The Morgan fingerprint density at radius 2 is 1.94 bits per heavy atom. The highest BCUT2D eigenvalue weighted by molar-refractivity contribution is 4.98. The molecule has 2 atom stereocenters. The zero-order valence-electron chi connectivity index (χ0n) is 12.0. The fraction of sp³-hybridized carbons (Fsp3) is 1.00. The summed E-state index contributed by atoms with van der Waals surface area (Å²) in [6, 6.07) is 0.797. The second-order valence-electron chi connectivity index (χ2n) is 6.49. The maximum Gasteiger partial charge on any atom is 0.0328 e. The van der Waals surface area contributed by atoms with E-state index in [1.54, 1.807) is 0 Å². The van der Waals surface area contributed by atoms with Gasteiger partial charge < -0.3 is 10.2 Å². The Morgan fingerprint density at radius 1 is 1.18 bits per heavy atom. The van der Waals surface area contributed by atoms with Crippen LogP contribution in [0, 0.1) is 5.92 Å². The van der Waals surface area contributed by atoms with Crippen molar-refractivity contribution in [2.75, 3.05) is 20.6 Å². The van der Waals surface area contributed by atoms with Crippen molar-refractivity contribution >= 4 is 0 Å². The van der Waals surface area contributed by atoms with Crippen LogP contribution >= 0.6 is 0 Å². The topological polar surface area (TPSA) is 15.3 Å². The highest BCUT2D eigenvalue weighted by atomic mass is 15.2. The summed E-state index contributed by atoms with van der Waals surface area (Å²) in [6.45, 7) is 3.56. The molecule has 2 aliphatic rings. The molecule has 0 saturated heterocycles. The SMILES string of the molecule is CCC1CCCC(NCC2(N(C)C)CCC2)C1. The number of nitrogens with one attached hydrogen (secondary N) is 1. The molecule has 2 heteroatoms. The third-order valence-electron chi connectivity index (χ3n) is 5.31. The van der Waals surface area contributed by atoms with Gasteiger partial charge in [-0.15, -0.1) is 0 Å². The Hall–Kier alpha value is -0.0800. The normalized spacial score (nSPS) is 32.5. The molecular formula is C15H30N2. The lowest BCUT2D eigenvalue weighted by Crippen LogP contribution is -2.58. The van der Waals surface area contributed by atoms with Crippen LogP contribution in [-0.4, -0.2) is 37.1 Å². The average molecular weight is 238 g/mol. The number of hydrogen-bond donors (Lipinski definition) is 1. The first-order valence-electron chi connectivity index (χ1n) is 7.57. The molecule has 2 unspecified atom stereocenters. The Morgan fingerprint density at radius 3 is 2.47 bits per heavy atom. The molecule has 2 aliphatic carbocycles. The van der Waals surface area contributed by atoms with Gasteiger partial charge in [-0.1, -0.05) is 26.2 Å². The zero-order valence-corrected chi connectivity index (χ0v) is 12.0. The van der Waals surface area contributed by atoms with E-state index in [4.69, 9.17) is 0 Å².